The zero-order valence-electron chi connectivity index (χ0n) is 12.4. The molecule has 1 N–H and O–H groups in total. The first-order valence-corrected chi connectivity index (χ1v) is 8.84. The van der Waals surface area contributed by atoms with E-state index in [1.54, 1.807) is 0 Å². The van der Waals surface area contributed by atoms with Crippen LogP contribution in [0.3, 0.4) is 0 Å². The van der Waals surface area contributed by atoms with Crippen LogP contribution in [0.4, 0.5) is 5.69 Å². The Morgan fingerprint density at radius 2 is 2.25 bits per heavy atom. The van der Waals surface area contributed by atoms with E-state index >= 15 is 0 Å². The molecule has 112 valence electrons. The number of nitrogens with zero attached hydrogens (tertiary/aromatic N) is 2. The number of aromatic nitrogens is 1. The lowest BCUT2D eigenvalue weighted by Crippen LogP contribution is -2.33. The van der Waals surface area contributed by atoms with Crippen molar-refractivity contribution in [2.24, 2.45) is 0 Å². The van der Waals surface area contributed by atoms with Gasteiger partial charge in [0.2, 0.25) is 0 Å². The third-order valence-electron chi connectivity index (χ3n) is 3.80. The molecule has 0 amide bonds. The summed E-state index contributed by atoms with van der Waals surface area (Å²) >= 11 is 0. The average molecular weight is 297 g/mol. The zero-order valence-corrected chi connectivity index (χ0v) is 13.2. The molecule has 1 saturated heterocycles. The minimum atomic E-state index is -2.86. The van der Waals surface area contributed by atoms with E-state index in [1.807, 2.05) is 26.2 Å². The Bertz CT molecular complexity index is 572. The van der Waals surface area contributed by atoms with Crippen LogP contribution in [-0.4, -0.2) is 44.5 Å². The van der Waals surface area contributed by atoms with Crippen molar-refractivity contribution >= 4 is 15.5 Å². The third kappa shape index (κ3) is 3.49. The van der Waals surface area contributed by atoms with Gasteiger partial charge in [0.25, 0.3) is 0 Å². The van der Waals surface area contributed by atoms with Gasteiger partial charge in [-0.2, -0.15) is 0 Å². The van der Waals surface area contributed by atoms with Crippen molar-refractivity contribution in [1.29, 1.82) is 0 Å². The Morgan fingerprint density at radius 3 is 2.85 bits per heavy atom. The molecule has 0 aromatic carbocycles. The Kier molecular flexibility index (Phi) is 4.65. The first kappa shape index (κ1) is 15.3. The fourth-order valence-electron chi connectivity index (χ4n) is 2.58. The summed E-state index contributed by atoms with van der Waals surface area (Å²) < 4.78 is 23.3. The molecule has 0 saturated carbocycles. The van der Waals surface area contributed by atoms with Gasteiger partial charge in [-0.3, -0.25) is 4.98 Å². The number of anilines is 1. The van der Waals surface area contributed by atoms with Crippen molar-refractivity contribution in [3.05, 3.63) is 23.5 Å². The lowest BCUT2D eigenvalue weighted by atomic mass is 10.1. The maximum Gasteiger partial charge on any atom is 0.152 e. The predicted octanol–water partition coefficient (Wildman–Crippen LogP) is 1.12. The van der Waals surface area contributed by atoms with E-state index in [-0.39, 0.29) is 11.8 Å². The van der Waals surface area contributed by atoms with E-state index in [9.17, 15) is 8.42 Å². The largest absolute Gasteiger partial charge is 0.370 e. The topological polar surface area (TPSA) is 62.3 Å². The molecule has 5 nitrogen and oxygen atoms in total. The molecule has 1 unspecified atom stereocenters. The van der Waals surface area contributed by atoms with Crippen LogP contribution in [0.1, 0.15) is 24.6 Å². The third-order valence-corrected chi connectivity index (χ3v) is 5.55. The number of hydrogen-bond acceptors (Lipinski definition) is 5. The second-order valence-corrected chi connectivity index (χ2v) is 7.63. The maximum atomic E-state index is 11.6. The van der Waals surface area contributed by atoms with E-state index in [0.29, 0.717) is 12.2 Å². The van der Waals surface area contributed by atoms with E-state index in [1.165, 1.54) is 0 Å². The molecule has 0 spiro atoms. The minimum Gasteiger partial charge on any atom is -0.370 e. The number of sulfone groups is 1. The maximum absolute atomic E-state index is 11.6. The minimum absolute atomic E-state index is 0.0715. The quantitative estimate of drug-likeness (QED) is 0.882. The highest BCUT2D eigenvalue weighted by atomic mass is 32.2. The normalized spacial score (nSPS) is 21.1. The first-order valence-electron chi connectivity index (χ1n) is 7.02. The SMILES string of the molecule is CCNCc1cnc(C)cc1N(C)C1CCS(=O)(=O)C1. The lowest BCUT2D eigenvalue weighted by Gasteiger charge is -2.28. The summed E-state index contributed by atoms with van der Waals surface area (Å²) in [5, 5.41) is 3.30. The van der Waals surface area contributed by atoms with Gasteiger partial charge in [-0.15, -0.1) is 0 Å². The van der Waals surface area contributed by atoms with Gasteiger partial charge in [0.05, 0.1) is 11.5 Å². The monoisotopic (exact) mass is 297 g/mol. The highest BCUT2D eigenvalue weighted by Gasteiger charge is 2.31. The molecule has 1 fully saturated rings. The highest BCUT2D eigenvalue weighted by Crippen LogP contribution is 2.26. The molecule has 1 aromatic heterocycles. The summed E-state index contributed by atoms with van der Waals surface area (Å²) in [4.78, 5) is 6.45. The molecule has 2 heterocycles. The van der Waals surface area contributed by atoms with Crippen LogP contribution >= 0.6 is 0 Å². The molecular weight excluding hydrogens is 274 g/mol. The smallest absolute Gasteiger partial charge is 0.152 e. The summed E-state index contributed by atoms with van der Waals surface area (Å²) in [7, 11) is -0.879. The van der Waals surface area contributed by atoms with E-state index < -0.39 is 9.84 Å². The Labute approximate surface area is 121 Å². The molecule has 0 bridgehead atoms. The number of nitrogens with one attached hydrogen (secondary N) is 1. The van der Waals surface area contributed by atoms with Gasteiger partial charge >= 0.3 is 0 Å². The van der Waals surface area contributed by atoms with E-state index in [2.05, 4.69) is 22.1 Å². The van der Waals surface area contributed by atoms with Crippen LogP contribution in [0.5, 0.6) is 0 Å². The van der Waals surface area contributed by atoms with Gasteiger partial charge in [0, 0.05) is 42.8 Å². The number of hydrogen-bond donors (Lipinski definition) is 1. The number of aryl methyl sites for hydroxylation is 1. The Morgan fingerprint density at radius 1 is 1.50 bits per heavy atom. The molecule has 6 heteroatoms. The van der Waals surface area contributed by atoms with Gasteiger partial charge in [-0.05, 0) is 26.0 Å². The van der Waals surface area contributed by atoms with Crippen LogP contribution in [-0.2, 0) is 16.4 Å². The zero-order chi connectivity index (χ0) is 14.8. The average Bonchev–Trinajstić information content (AvgIpc) is 2.77. The van der Waals surface area contributed by atoms with E-state index in [0.717, 1.165) is 30.0 Å². The van der Waals surface area contributed by atoms with Crippen molar-refractivity contribution in [1.82, 2.24) is 10.3 Å². The summed E-state index contributed by atoms with van der Waals surface area (Å²) in [5.74, 6) is 0.556. The van der Waals surface area contributed by atoms with Crippen molar-refractivity contribution in [3.8, 4) is 0 Å². The first-order chi connectivity index (χ1) is 9.43. The molecule has 2 rings (SSSR count). The molecule has 1 aliphatic rings. The van der Waals surface area contributed by atoms with Gasteiger partial charge in [0.1, 0.15) is 0 Å². The van der Waals surface area contributed by atoms with Crippen molar-refractivity contribution < 1.29 is 8.42 Å². The van der Waals surface area contributed by atoms with Crippen molar-refractivity contribution in [2.75, 3.05) is 30.0 Å². The summed E-state index contributed by atoms with van der Waals surface area (Å²) in [5.41, 5.74) is 3.15. The molecule has 20 heavy (non-hydrogen) atoms. The predicted molar refractivity (Wildman–Crippen MR) is 81.8 cm³/mol. The van der Waals surface area contributed by atoms with Crippen LogP contribution < -0.4 is 10.2 Å². The molecule has 1 aromatic rings. The molecule has 1 aliphatic heterocycles. The van der Waals surface area contributed by atoms with Gasteiger partial charge in [-0.1, -0.05) is 6.92 Å². The number of pyridine rings is 1. The highest BCUT2D eigenvalue weighted by molar-refractivity contribution is 7.91. The Balaban J connectivity index is 2.24. The van der Waals surface area contributed by atoms with Crippen molar-refractivity contribution in [2.45, 2.75) is 32.9 Å². The molecule has 0 radical (unpaired) electrons. The van der Waals surface area contributed by atoms with Crippen LogP contribution in [0.25, 0.3) is 0 Å². The van der Waals surface area contributed by atoms with Crippen LogP contribution in [0, 0.1) is 6.92 Å². The van der Waals surface area contributed by atoms with Gasteiger partial charge < -0.3 is 10.2 Å². The van der Waals surface area contributed by atoms with E-state index in [4.69, 9.17) is 0 Å². The molecular formula is C14H23N3O2S. The van der Waals surface area contributed by atoms with Crippen molar-refractivity contribution in [3.63, 3.8) is 0 Å². The second kappa shape index (κ2) is 6.10. The second-order valence-electron chi connectivity index (χ2n) is 5.40. The standard InChI is InChI=1S/C14H23N3O2S/c1-4-15-8-12-9-16-11(2)7-14(12)17(3)13-5-6-20(18,19)10-13/h7,9,13,15H,4-6,8,10H2,1-3H3. The summed E-state index contributed by atoms with van der Waals surface area (Å²) in [6.45, 7) is 5.67. The van der Waals surface area contributed by atoms with Crippen LogP contribution in [0.2, 0.25) is 0 Å². The summed E-state index contributed by atoms with van der Waals surface area (Å²) in [6, 6.07) is 2.11. The molecule has 1 atom stereocenters. The fourth-order valence-corrected chi connectivity index (χ4v) is 4.35. The van der Waals surface area contributed by atoms with Gasteiger partial charge in [0.15, 0.2) is 9.84 Å². The number of rotatable bonds is 5. The Hall–Kier alpha value is -1.14. The van der Waals surface area contributed by atoms with Crippen LogP contribution in [0.15, 0.2) is 12.3 Å². The molecule has 0 aliphatic carbocycles. The fraction of sp³-hybridized carbons (Fsp3) is 0.643. The lowest BCUT2D eigenvalue weighted by molar-refractivity contribution is 0.600. The summed E-state index contributed by atoms with van der Waals surface area (Å²) in [6.07, 6.45) is 2.59. The van der Waals surface area contributed by atoms with Gasteiger partial charge in [-0.25, -0.2) is 8.42 Å².